The molecule has 1 heterocycles. The van der Waals surface area contributed by atoms with E-state index in [0.717, 1.165) is 23.6 Å². The lowest BCUT2D eigenvalue weighted by molar-refractivity contribution is -0.118. The van der Waals surface area contributed by atoms with Crippen LogP contribution in [0.2, 0.25) is 0 Å². The lowest BCUT2D eigenvalue weighted by Gasteiger charge is -2.19. The molecule has 0 aliphatic rings. The highest BCUT2D eigenvalue weighted by Crippen LogP contribution is 2.29. The van der Waals surface area contributed by atoms with Gasteiger partial charge in [0.25, 0.3) is 0 Å². The predicted molar refractivity (Wildman–Crippen MR) is 133 cm³/mol. The normalized spacial score (nSPS) is 13.9. The number of nitrogens with one attached hydrogen (secondary N) is 1. The van der Waals surface area contributed by atoms with Crippen molar-refractivity contribution in [3.63, 3.8) is 0 Å². The van der Waals surface area contributed by atoms with Crippen molar-refractivity contribution in [3.05, 3.63) is 59.9 Å². The van der Waals surface area contributed by atoms with Gasteiger partial charge >= 0.3 is 0 Å². The Morgan fingerprint density at radius 2 is 2.16 bits per heavy atom. The lowest BCUT2D eigenvalue weighted by Crippen LogP contribution is -2.20. The topological polar surface area (TPSA) is 88.7 Å². The first-order chi connectivity index (χ1) is 15.3. The molecule has 32 heavy (non-hydrogen) atoms. The van der Waals surface area contributed by atoms with Crippen LogP contribution in [0.4, 0.5) is 0 Å². The quantitative estimate of drug-likeness (QED) is 0.194. The van der Waals surface area contributed by atoms with Gasteiger partial charge in [0.1, 0.15) is 5.03 Å². The summed E-state index contributed by atoms with van der Waals surface area (Å²) in [5.74, 6) is 0.284. The molecule has 0 bridgehead atoms. The molecule has 0 fully saturated rings. The van der Waals surface area contributed by atoms with E-state index in [4.69, 9.17) is 4.74 Å². The third kappa shape index (κ3) is 8.16. The Morgan fingerprint density at radius 1 is 1.44 bits per heavy atom. The van der Waals surface area contributed by atoms with E-state index in [1.807, 2.05) is 30.7 Å². The minimum absolute atomic E-state index is 0.0462. The van der Waals surface area contributed by atoms with Crippen molar-refractivity contribution >= 4 is 23.8 Å². The molecule has 1 aromatic rings. The van der Waals surface area contributed by atoms with E-state index in [-0.39, 0.29) is 12.3 Å². The fourth-order valence-electron chi connectivity index (χ4n) is 3.09. The summed E-state index contributed by atoms with van der Waals surface area (Å²) < 4.78 is 10.3. The number of carbonyl (C=O) groups excluding carboxylic acids is 1. The Labute approximate surface area is 196 Å². The highest BCUT2D eigenvalue weighted by atomic mass is 32.2. The molecule has 8 heteroatoms. The molecule has 0 aliphatic carbocycles. The molecule has 2 N–H and O–H groups in total. The second-order valence-electron chi connectivity index (χ2n) is 7.01. The zero-order valence-electron chi connectivity index (χ0n) is 19.9. The molecule has 0 saturated heterocycles. The standard InChI is InChI=1S/C24H36N4O3S/c1-8-14-28-24(12-13-26-28)32-27-22(30)16-21(20(10-3)18(6)29)17(5)19(9-2)15-23(25-7)31-11-4/h10,12-13,15,18,29H,3,5,8-9,11,14,16H2,1-2,4,6-7H3,(H,27,30)/b19-15+,21-20+,25-23?. The Kier molecular flexibility index (Phi) is 12.4. The van der Waals surface area contributed by atoms with Crippen LogP contribution in [0.15, 0.2) is 69.9 Å². The van der Waals surface area contributed by atoms with E-state index in [2.05, 4.69) is 34.9 Å². The number of rotatable bonds is 13. The average Bonchev–Trinajstić information content (AvgIpc) is 3.21. The van der Waals surface area contributed by atoms with Crippen LogP contribution in [0.25, 0.3) is 0 Å². The van der Waals surface area contributed by atoms with Gasteiger partial charge in [-0.1, -0.05) is 33.1 Å². The van der Waals surface area contributed by atoms with Gasteiger partial charge in [0.05, 0.1) is 25.3 Å². The summed E-state index contributed by atoms with van der Waals surface area (Å²) in [5.41, 5.74) is 2.72. The summed E-state index contributed by atoms with van der Waals surface area (Å²) >= 11 is 1.22. The van der Waals surface area contributed by atoms with E-state index in [1.54, 1.807) is 26.2 Å². The third-order valence-electron chi connectivity index (χ3n) is 4.68. The van der Waals surface area contributed by atoms with Crippen molar-refractivity contribution in [1.82, 2.24) is 14.5 Å². The summed E-state index contributed by atoms with van der Waals surface area (Å²) in [4.78, 5) is 17.0. The van der Waals surface area contributed by atoms with Crippen molar-refractivity contribution in [2.75, 3.05) is 13.7 Å². The van der Waals surface area contributed by atoms with Crippen molar-refractivity contribution in [2.45, 2.75) is 64.6 Å². The smallest absolute Gasteiger partial charge is 0.234 e. The Balaban J connectivity index is 3.15. The number of amides is 1. The van der Waals surface area contributed by atoms with Gasteiger partial charge in [-0.2, -0.15) is 5.10 Å². The van der Waals surface area contributed by atoms with Crippen LogP contribution in [0, 0.1) is 0 Å². The van der Waals surface area contributed by atoms with Crippen LogP contribution < -0.4 is 4.72 Å². The fourth-order valence-corrected chi connectivity index (χ4v) is 3.75. The second-order valence-corrected chi connectivity index (χ2v) is 7.83. The summed E-state index contributed by atoms with van der Waals surface area (Å²) in [5, 5.41) is 15.4. The molecule has 0 saturated carbocycles. The van der Waals surface area contributed by atoms with Crippen LogP contribution in [0.1, 0.15) is 47.0 Å². The van der Waals surface area contributed by atoms with Gasteiger partial charge in [0.15, 0.2) is 0 Å². The molecule has 0 aromatic carbocycles. The number of ether oxygens (including phenoxy) is 1. The zero-order chi connectivity index (χ0) is 24.1. The molecule has 1 unspecified atom stereocenters. The van der Waals surface area contributed by atoms with Crippen LogP contribution in [-0.4, -0.2) is 46.5 Å². The molecular formula is C24H36N4O3S. The number of aromatic nitrogens is 2. The van der Waals surface area contributed by atoms with E-state index in [1.165, 1.54) is 11.9 Å². The molecule has 0 spiro atoms. The van der Waals surface area contributed by atoms with Crippen molar-refractivity contribution in [1.29, 1.82) is 0 Å². The van der Waals surface area contributed by atoms with Gasteiger partial charge in [-0.15, -0.1) is 0 Å². The van der Waals surface area contributed by atoms with Gasteiger partial charge in [0.2, 0.25) is 11.8 Å². The summed E-state index contributed by atoms with van der Waals surface area (Å²) in [6, 6.07) is 1.86. The average molecular weight is 461 g/mol. The summed E-state index contributed by atoms with van der Waals surface area (Å²) in [6.45, 7) is 16.9. The van der Waals surface area contributed by atoms with Gasteiger partial charge < -0.3 is 9.84 Å². The van der Waals surface area contributed by atoms with Crippen LogP contribution >= 0.6 is 11.9 Å². The van der Waals surface area contributed by atoms with E-state index < -0.39 is 6.10 Å². The number of aryl methyl sites for hydroxylation is 1. The number of allylic oxidation sites excluding steroid dienone is 2. The molecule has 1 amide bonds. The molecule has 176 valence electrons. The lowest BCUT2D eigenvalue weighted by atomic mass is 9.89. The van der Waals surface area contributed by atoms with Crippen LogP contribution in [-0.2, 0) is 16.1 Å². The minimum Gasteiger partial charge on any atom is -0.478 e. The number of aliphatic hydroxyl groups excluding tert-OH is 1. The molecule has 1 rings (SSSR count). The monoisotopic (exact) mass is 460 g/mol. The maximum atomic E-state index is 12.8. The van der Waals surface area contributed by atoms with Crippen molar-refractivity contribution < 1.29 is 14.6 Å². The first kappa shape index (κ1) is 27.5. The highest BCUT2D eigenvalue weighted by Gasteiger charge is 2.19. The number of hydrogen-bond acceptors (Lipinski definition) is 6. The molecule has 0 aliphatic heterocycles. The fraction of sp³-hybridized carbons (Fsp3) is 0.458. The predicted octanol–water partition coefficient (Wildman–Crippen LogP) is 4.63. The van der Waals surface area contributed by atoms with Gasteiger partial charge in [-0.25, -0.2) is 0 Å². The number of hydrogen-bond donors (Lipinski definition) is 2. The van der Waals surface area contributed by atoms with Crippen LogP contribution in [0.5, 0.6) is 0 Å². The molecule has 7 nitrogen and oxygen atoms in total. The Bertz CT molecular complexity index is 882. The maximum absolute atomic E-state index is 12.8. The Morgan fingerprint density at radius 3 is 2.69 bits per heavy atom. The zero-order valence-corrected chi connectivity index (χ0v) is 20.7. The van der Waals surface area contributed by atoms with E-state index in [0.29, 0.717) is 35.6 Å². The van der Waals surface area contributed by atoms with Gasteiger partial charge in [-0.05, 0) is 55.0 Å². The molecule has 1 atom stereocenters. The highest BCUT2D eigenvalue weighted by molar-refractivity contribution is 7.97. The second kappa shape index (κ2) is 14.5. The van der Waals surface area contributed by atoms with Gasteiger partial charge in [-0.3, -0.25) is 19.2 Å². The number of carbonyl (C=O) groups is 1. The Hall–Kier alpha value is -2.58. The largest absolute Gasteiger partial charge is 0.478 e. The van der Waals surface area contributed by atoms with Crippen LogP contribution in [0.3, 0.4) is 0 Å². The number of aliphatic hydroxyl groups is 1. The van der Waals surface area contributed by atoms with Crippen molar-refractivity contribution in [2.24, 2.45) is 4.99 Å². The molecule has 1 aromatic heterocycles. The summed E-state index contributed by atoms with van der Waals surface area (Å²) in [6.07, 6.45) is 5.97. The first-order valence-electron chi connectivity index (χ1n) is 10.8. The van der Waals surface area contributed by atoms with Crippen molar-refractivity contribution in [3.8, 4) is 0 Å². The van der Waals surface area contributed by atoms with Gasteiger partial charge in [0, 0.05) is 31.6 Å². The molecular weight excluding hydrogens is 424 g/mol. The molecule has 0 radical (unpaired) electrons. The summed E-state index contributed by atoms with van der Waals surface area (Å²) in [7, 11) is 1.66. The maximum Gasteiger partial charge on any atom is 0.234 e. The van der Waals surface area contributed by atoms with E-state index in [9.17, 15) is 9.90 Å². The minimum atomic E-state index is -0.796. The third-order valence-corrected chi connectivity index (χ3v) is 5.57. The number of aliphatic imine (C=N–C) groups is 1. The van der Waals surface area contributed by atoms with E-state index >= 15 is 0 Å². The SMILES string of the molecule is C=C/C(=C(/CC(=O)NSc1ccnn1CCC)C(=C)/C(=C/C(=NC)OCC)CC)C(C)O. The first-order valence-corrected chi connectivity index (χ1v) is 11.6. The number of nitrogens with zero attached hydrogens (tertiary/aromatic N) is 3.